The van der Waals surface area contributed by atoms with Gasteiger partial charge in [0.2, 0.25) is 10.0 Å². The number of hydrogen-bond acceptors (Lipinski definition) is 4. The summed E-state index contributed by atoms with van der Waals surface area (Å²) in [7, 11) is -4.02. The minimum absolute atomic E-state index is 0.137. The largest absolute Gasteiger partial charge is 0.272 e. The molecule has 2 rings (SSSR count). The molecule has 0 bridgehead atoms. The van der Waals surface area contributed by atoms with Crippen LogP contribution in [-0.4, -0.2) is 20.1 Å². The van der Waals surface area contributed by atoms with Crippen molar-refractivity contribution >= 4 is 21.6 Å². The lowest BCUT2D eigenvalue weighted by Gasteiger charge is -2.22. The second kappa shape index (κ2) is 6.58. The van der Waals surface area contributed by atoms with Crippen molar-refractivity contribution in [2.24, 2.45) is 0 Å². The van der Waals surface area contributed by atoms with Gasteiger partial charge in [0.25, 0.3) is 5.91 Å². The fourth-order valence-corrected chi connectivity index (χ4v) is 2.99. The number of carbonyl (C=O) groups is 1. The Morgan fingerprint density at radius 2 is 2.00 bits per heavy atom. The number of benzene rings is 2. The number of hydrogen-bond donors (Lipinski definition) is 0. The summed E-state index contributed by atoms with van der Waals surface area (Å²) in [6.07, 6.45) is 0. The molecule has 5 nitrogen and oxygen atoms in total. The standard InChI is InChI=1S/C16H12FN2O3S/c1-2-23(21,22)19(16(20)12-6-4-3-5-7-12)15-9-8-14(17)10-13(15)11-18/h3-7,9-10H,2H2,1H3. The first kappa shape index (κ1) is 16.6. The number of amides is 1. The molecular formula is C16H12FN2O3S. The summed E-state index contributed by atoms with van der Waals surface area (Å²) in [6.45, 7) is 1.37. The van der Waals surface area contributed by atoms with Gasteiger partial charge in [0, 0.05) is 11.6 Å². The summed E-state index contributed by atoms with van der Waals surface area (Å²) in [5.74, 6) is -1.98. The maximum atomic E-state index is 13.2. The first-order chi connectivity index (χ1) is 10.9. The first-order valence-corrected chi connectivity index (χ1v) is 8.25. The van der Waals surface area contributed by atoms with Crippen LogP contribution < -0.4 is 4.31 Å². The molecule has 0 aliphatic carbocycles. The number of halogens is 1. The first-order valence-electron chi connectivity index (χ1n) is 6.64. The maximum absolute atomic E-state index is 13.2. The fourth-order valence-electron chi connectivity index (χ4n) is 1.93. The average Bonchev–Trinajstić information content (AvgIpc) is 2.56. The van der Waals surface area contributed by atoms with Gasteiger partial charge in [-0.1, -0.05) is 18.2 Å². The molecule has 23 heavy (non-hydrogen) atoms. The molecule has 0 atom stereocenters. The van der Waals surface area contributed by atoms with Crippen LogP contribution >= 0.6 is 0 Å². The highest BCUT2D eigenvalue weighted by atomic mass is 32.2. The van der Waals surface area contributed by atoms with Crippen molar-refractivity contribution in [3.05, 3.63) is 65.5 Å². The van der Waals surface area contributed by atoms with E-state index in [1.165, 1.54) is 19.1 Å². The lowest BCUT2D eigenvalue weighted by atomic mass is 10.1. The van der Waals surface area contributed by atoms with Gasteiger partial charge in [-0.2, -0.15) is 5.26 Å². The van der Waals surface area contributed by atoms with E-state index < -0.39 is 21.7 Å². The molecular weight excluding hydrogens is 319 g/mol. The van der Waals surface area contributed by atoms with Gasteiger partial charge in [-0.05, 0) is 31.2 Å². The van der Waals surface area contributed by atoms with E-state index in [-0.39, 0.29) is 22.6 Å². The number of anilines is 1. The van der Waals surface area contributed by atoms with Crippen molar-refractivity contribution in [3.8, 4) is 6.07 Å². The third-order valence-corrected chi connectivity index (χ3v) is 4.73. The van der Waals surface area contributed by atoms with E-state index in [1.54, 1.807) is 24.3 Å². The molecule has 0 aromatic heterocycles. The molecule has 117 valence electrons. The van der Waals surface area contributed by atoms with Gasteiger partial charge in [0.05, 0.1) is 17.0 Å². The molecule has 1 amide bonds. The Bertz CT molecular complexity index is 874. The summed E-state index contributed by atoms with van der Waals surface area (Å²) in [5, 5.41) is 9.12. The number of sulfonamides is 1. The second-order valence-corrected chi connectivity index (χ2v) is 6.63. The Morgan fingerprint density at radius 3 is 2.57 bits per heavy atom. The smallest absolute Gasteiger partial charge is 0.268 e. The third kappa shape index (κ3) is 3.38. The van der Waals surface area contributed by atoms with Gasteiger partial charge in [-0.25, -0.2) is 17.1 Å². The maximum Gasteiger partial charge on any atom is 0.272 e. The van der Waals surface area contributed by atoms with E-state index in [4.69, 9.17) is 5.26 Å². The Balaban J connectivity index is 2.67. The molecule has 1 radical (unpaired) electrons. The Kier molecular flexibility index (Phi) is 4.77. The van der Waals surface area contributed by atoms with Gasteiger partial charge < -0.3 is 0 Å². The van der Waals surface area contributed by atoms with Crippen LogP contribution in [0.1, 0.15) is 22.8 Å². The van der Waals surface area contributed by atoms with Gasteiger partial charge >= 0.3 is 0 Å². The van der Waals surface area contributed by atoms with Crippen LogP contribution in [-0.2, 0) is 10.0 Å². The molecule has 0 fully saturated rings. The molecule has 2 aromatic rings. The molecule has 0 saturated carbocycles. The summed E-state index contributed by atoms with van der Waals surface area (Å²) < 4.78 is 38.5. The average molecular weight is 331 g/mol. The quantitative estimate of drug-likeness (QED) is 0.862. The van der Waals surface area contributed by atoms with Crippen molar-refractivity contribution in [3.63, 3.8) is 0 Å². The highest BCUT2D eigenvalue weighted by Gasteiger charge is 2.30. The number of carbonyl (C=O) groups excluding carboxylic acids is 1. The molecule has 0 unspecified atom stereocenters. The molecule has 0 aliphatic heterocycles. The van der Waals surface area contributed by atoms with E-state index in [2.05, 4.69) is 6.07 Å². The normalized spacial score (nSPS) is 10.8. The minimum atomic E-state index is -4.02. The zero-order valence-corrected chi connectivity index (χ0v) is 13.0. The monoisotopic (exact) mass is 331 g/mol. The van der Waals surface area contributed by atoms with Gasteiger partial charge in [0.1, 0.15) is 11.9 Å². The van der Waals surface area contributed by atoms with E-state index in [9.17, 15) is 17.6 Å². The zero-order chi connectivity index (χ0) is 17.0. The summed E-state index contributed by atoms with van der Waals surface area (Å²) >= 11 is 0. The van der Waals surface area contributed by atoms with Gasteiger partial charge in [-0.15, -0.1) is 0 Å². The lowest BCUT2D eigenvalue weighted by molar-refractivity contribution is 0.101. The molecule has 0 spiro atoms. The van der Waals surface area contributed by atoms with Crippen LogP contribution in [0.4, 0.5) is 10.1 Å². The van der Waals surface area contributed by atoms with Gasteiger partial charge in [-0.3, -0.25) is 4.79 Å². The van der Waals surface area contributed by atoms with Crippen molar-refractivity contribution in [1.29, 1.82) is 5.26 Å². The Hall–Kier alpha value is -2.72. The van der Waals surface area contributed by atoms with E-state index in [1.807, 2.05) is 0 Å². The van der Waals surface area contributed by atoms with Crippen molar-refractivity contribution in [2.45, 2.75) is 6.92 Å². The van der Waals surface area contributed by atoms with Crippen LogP contribution in [0.25, 0.3) is 0 Å². The second-order valence-electron chi connectivity index (χ2n) is 4.53. The highest BCUT2D eigenvalue weighted by molar-refractivity contribution is 7.93. The van der Waals surface area contributed by atoms with Crippen LogP contribution in [0.3, 0.4) is 0 Å². The predicted octanol–water partition coefficient (Wildman–Crippen LogP) is 2.49. The predicted molar refractivity (Wildman–Crippen MR) is 82.7 cm³/mol. The Labute approximate surface area is 133 Å². The lowest BCUT2D eigenvalue weighted by Crippen LogP contribution is -2.38. The molecule has 7 heteroatoms. The van der Waals surface area contributed by atoms with E-state index in [0.29, 0.717) is 4.31 Å². The number of nitriles is 1. The molecule has 0 heterocycles. The zero-order valence-electron chi connectivity index (χ0n) is 12.2. The van der Waals surface area contributed by atoms with Crippen LogP contribution in [0.2, 0.25) is 0 Å². The molecule has 2 aromatic carbocycles. The summed E-state index contributed by atoms with van der Waals surface area (Å²) in [4.78, 5) is 12.6. The Morgan fingerprint density at radius 1 is 1.35 bits per heavy atom. The van der Waals surface area contributed by atoms with E-state index >= 15 is 0 Å². The molecule has 0 N–H and O–H groups in total. The van der Waals surface area contributed by atoms with Crippen LogP contribution in [0.15, 0.2) is 42.5 Å². The van der Waals surface area contributed by atoms with Crippen LogP contribution in [0, 0.1) is 23.2 Å². The third-order valence-electron chi connectivity index (χ3n) is 3.08. The SMILES string of the molecule is CCS(=O)(=O)N(C(=O)c1ccccc1)c1c[c]c(F)cc1C#N. The van der Waals surface area contributed by atoms with Crippen molar-refractivity contribution < 1.29 is 17.6 Å². The highest BCUT2D eigenvalue weighted by Crippen LogP contribution is 2.26. The van der Waals surface area contributed by atoms with Crippen molar-refractivity contribution in [1.82, 2.24) is 0 Å². The van der Waals surface area contributed by atoms with Gasteiger partial charge in [0.15, 0.2) is 0 Å². The van der Waals surface area contributed by atoms with E-state index in [0.717, 1.165) is 12.1 Å². The van der Waals surface area contributed by atoms with Crippen LogP contribution in [0.5, 0.6) is 0 Å². The number of nitrogens with zero attached hydrogens (tertiary/aromatic N) is 2. The number of rotatable bonds is 4. The molecule has 0 saturated heterocycles. The minimum Gasteiger partial charge on any atom is -0.268 e. The van der Waals surface area contributed by atoms with Crippen molar-refractivity contribution in [2.75, 3.05) is 10.1 Å². The molecule has 0 aliphatic rings. The fraction of sp³-hybridized carbons (Fsp3) is 0.125. The summed E-state index contributed by atoms with van der Waals surface area (Å²) in [6, 6.07) is 13.5. The topological polar surface area (TPSA) is 78.2 Å². The summed E-state index contributed by atoms with van der Waals surface area (Å²) in [5.41, 5.74) is -0.343.